The minimum Gasteiger partial charge on any atom is -0.446 e. The van der Waals surface area contributed by atoms with Crippen LogP contribution in [0.15, 0.2) is 65.0 Å². The zero-order chi connectivity index (χ0) is 15.3. The number of pyridine rings is 1. The molecule has 0 atom stereocenters. The van der Waals surface area contributed by atoms with Crippen LogP contribution in [0.25, 0.3) is 16.7 Å². The maximum Gasteiger partial charge on any atom is 0.230 e. The Labute approximate surface area is 128 Å². The predicted molar refractivity (Wildman–Crippen MR) is 86.7 cm³/mol. The molecule has 0 aliphatic carbocycles. The van der Waals surface area contributed by atoms with Crippen LogP contribution >= 0.6 is 0 Å². The number of fused-ring (bicyclic) bond motifs is 2. The van der Waals surface area contributed by atoms with Crippen molar-refractivity contribution < 1.29 is 9.15 Å². The maximum atomic E-state index is 5.79. The number of hydrogen-bond donors (Lipinski definition) is 0. The van der Waals surface area contributed by atoms with Crippen LogP contribution in [0.3, 0.4) is 0 Å². The van der Waals surface area contributed by atoms with Crippen LogP contribution in [0, 0.1) is 6.92 Å². The molecule has 3 aromatic rings. The van der Waals surface area contributed by atoms with Gasteiger partial charge in [-0.3, -0.25) is 0 Å². The fraction of sp³-hybridized carbons (Fsp3) is 0.105. The van der Waals surface area contributed by atoms with E-state index in [-0.39, 0.29) is 0 Å². The zero-order valence-corrected chi connectivity index (χ0v) is 12.5. The van der Waals surface area contributed by atoms with Crippen molar-refractivity contribution in [3.8, 4) is 5.88 Å². The summed E-state index contributed by atoms with van der Waals surface area (Å²) in [6.07, 6.45) is 1.72. The van der Waals surface area contributed by atoms with Crippen LogP contribution in [0.2, 0.25) is 0 Å². The van der Waals surface area contributed by atoms with Gasteiger partial charge in [0, 0.05) is 16.5 Å². The van der Waals surface area contributed by atoms with Gasteiger partial charge in [-0.2, -0.15) is 4.98 Å². The van der Waals surface area contributed by atoms with E-state index in [4.69, 9.17) is 9.15 Å². The fourth-order valence-electron chi connectivity index (χ4n) is 2.83. The van der Waals surface area contributed by atoms with Gasteiger partial charge in [0.15, 0.2) is 0 Å². The van der Waals surface area contributed by atoms with Crippen molar-refractivity contribution in [3.05, 3.63) is 77.3 Å². The van der Waals surface area contributed by atoms with E-state index in [0.717, 1.165) is 33.2 Å². The molecule has 3 heterocycles. The minimum atomic E-state index is 0.552. The van der Waals surface area contributed by atoms with Crippen LogP contribution in [0.5, 0.6) is 5.88 Å². The molecule has 4 rings (SSSR count). The molecule has 0 N–H and O–H groups in total. The van der Waals surface area contributed by atoms with E-state index >= 15 is 0 Å². The number of allylic oxidation sites excluding steroid dienone is 1. The van der Waals surface area contributed by atoms with E-state index in [0.29, 0.717) is 17.4 Å². The SMILES string of the molecule is C=C1Oc2nc3occ(C)c3cc2C(c2ccccc2)=C1C. The number of rotatable bonds is 1. The van der Waals surface area contributed by atoms with Gasteiger partial charge in [-0.25, -0.2) is 0 Å². The summed E-state index contributed by atoms with van der Waals surface area (Å²) in [5.41, 5.74) is 5.92. The molecule has 3 nitrogen and oxygen atoms in total. The van der Waals surface area contributed by atoms with Gasteiger partial charge >= 0.3 is 0 Å². The number of furan rings is 1. The van der Waals surface area contributed by atoms with Crippen LogP contribution in [-0.2, 0) is 0 Å². The van der Waals surface area contributed by atoms with Crippen molar-refractivity contribution in [2.75, 3.05) is 0 Å². The lowest BCUT2D eigenvalue weighted by Gasteiger charge is -2.23. The standard InChI is InChI=1S/C19H15NO2/c1-11-10-21-18-15(11)9-16-17(14-7-5-4-6-8-14)12(2)13(3)22-19(16)20-18/h4-10H,3H2,1-2H3. The number of aromatic nitrogens is 1. The Morgan fingerprint density at radius 2 is 1.86 bits per heavy atom. The summed E-state index contributed by atoms with van der Waals surface area (Å²) in [6.45, 7) is 8.05. The first kappa shape index (κ1) is 12.9. The molecule has 1 aromatic carbocycles. The second-order valence-corrected chi connectivity index (χ2v) is 5.50. The van der Waals surface area contributed by atoms with Crippen molar-refractivity contribution in [1.82, 2.24) is 4.98 Å². The van der Waals surface area contributed by atoms with E-state index in [1.807, 2.05) is 32.0 Å². The summed E-state index contributed by atoms with van der Waals surface area (Å²) in [5, 5.41) is 1.01. The number of ether oxygens (including phenoxy) is 1. The highest BCUT2D eigenvalue weighted by atomic mass is 16.5. The van der Waals surface area contributed by atoms with Gasteiger partial charge in [0.25, 0.3) is 0 Å². The molecule has 1 aliphatic rings. The van der Waals surface area contributed by atoms with E-state index in [2.05, 4.69) is 29.8 Å². The molecule has 0 fully saturated rings. The molecule has 22 heavy (non-hydrogen) atoms. The highest BCUT2D eigenvalue weighted by Crippen LogP contribution is 2.41. The Morgan fingerprint density at radius 3 is 2.64 bits per heavy atom. The minimum absolute atomic E-state index is 0.552. The summed E-state index contributed by atoms with van der Waals surface area (Å²) in [5.74, 6) is 1.18. The summed E-state index contributed by atoms with van der Waals surface area (Å²) in [7, 11) is 0. The Balaban J connectivity index is 2.05. The van der Waals surface area contributed by atoms with Gasteiger partial charge in [0.2, 0.25) is 11.6 Å². The van der Waals surface area contributed by atoms with Crippen molar-refractivity contribution >= 4 is 16.7 Å². The summed E-state index contributed by atoms with van der Waals surface area (Å²) >= 11 is 0. The normalized spacial score (nSPS) is 14.2. The molecular weight excluding hydrogens is 274 g/mol. The van der Waals surface area contributed by atoms with Crippen LogP contribution < -0.4 is 4.74 Å². The van der Waals surface area contributed by atoms with Crippen LogP contribution in [-0.4, -0.2) is 4.98 Å². The first-order valence-electron chi connectivity index (χ1n) is 7.18. The van der Waals surface area contributed by atoms with Gasteiger partial charge in [0.05, 0.1) is 6.26 Å². The summed E-state index contributed by atoms with van der Waals surface area (Å²) in [4.78, 5) is 4.51. The van der Waals surface area contributed by atoms with Crippen molar-refractivity contribution in [2.24, 2.45) is 0 Å². The fourth-order valence-corrected chi connectivity index (χ4v) is 2.83. The third-order valence-electron chi connectivity index (χ3n) is 4.07. The van der Waals surface area contributed by atoms with Crippen molar-refractivity contribution in [1.29, 1.82) is 0 Å². The molecular formula is C19H15NO2. The maximum absolute atomic E-state index is 5.79. The first-order chi connectivity index (χ1) is 10.6. The second-order valence-electron chi connectivity index (χ2n) is 5.50. The Morgan fingerprint density at radius 1 is 1.09 bits per heavy atom. The van der Waals surface area contributed by atoms with Gasteiger partial charge in [-0.15, -0.1) is 0 Å². The van der Waals surface area contributed by atoms with Crippen LogP contribution in [0.4, 0.5) is 0 Å². The molecule has 0 bridgehead atoms. The molecule has 3 heteroatoms. The molecule has 0 unspecified atom stereocenters. The lowest BCUT2D eigenvalue weighted by molar-refractivity contribution is 0.413. The Kier molecular flexibility index (Phi) is 2.70. The largest absolute Gasteiger partial charge is 0.446 e. The molecule has 1 aliphatic heterocycles. The van der Waals surface area contributed by atoms with E-state index in [1.54, 1.807) is 6.26 Å². The average molecular weight is 289 g/mol. The zero-order valence-electron chi connectivity index (χ0n) is 12.5. The summed E-state index contributed by atoms with van der Waals surface area (Å²) in [6, 6.07) is 12.3. The third kappa shape index (κ3) is 1.79. The van der Waals surface area contributed by atoms with Gasteiger partial charge in [0.1, 0.15) is 5.76 Å². The lowest BCUT2D eigenvalue weighted by Crippen LogP contribution is -2.09. The molecule has 0 saturated carbocycles. The molecule has 0 radical (unpaired) electrons. The topological polar surface area (TPSA) is 35.3 Å². The van der Waals surface area contributed by atoms with Crippen molar-refractivity contribution in [2.45, 2.75) is 13.8 Å². The lowest BCUT2D eigenvalue weighted by atomic mass is 9.91. The number of aryl methyl sites for hydroxylation is 1. The molecule has 0 amide bonds. The summed E-state index contributed by atoms with van der Waals surface area (Å²) < 4.78 is 11.3. The Bertz CT molecular complexity index is 933. The molecule has 108 valence electrons. The number of nitrogens with zero attached hydrogens (tertiary/aromatic N) is 1. The quantitative estimate of drug-likeness (QED) is 0.641. The monoisotopic (exact) mass is 289 g/mol. The third-order valence-corrected chi connectivity index (χ3v) is 4.07. The van der Waals surface area contributed by atoms with E-state index in [9.17, 15) is 0 Å². The molecule has 0 saturated heterocycles. The first-order valence-corrected chi connectivity index (χ1v) is 7.18. The van der Waals surface area contributed by atoms with E-state index < -0.39 is 0 Å². The Hall–Kier alpha value is -2.81. The van der Waals surface area contributed by atoms with Gasteiger partial charge < -0.3 is 9.15 Å². The number of hydrogen-bond acceptors (Lipinski definition) is 3. The van der Waals surface area contributed by atoms with Gasteiger partial charge in [-0.05, 0) is 36.6 Å². The molecule has 0 spiro atoms. The second kappa shape index (κ2) is 4.60. The predicted octanol–water partition coefficient (Wildman–Crippen LogP) is 4.86. The molecule has 2 aromatic heterocycles. The van der Waals surface area contributed by atoms with E-state index in [1.165, 1.54) is 0 Å². The highest BCUT2D eigenvalue weighted by molar-refractivity contribution is 5.92. The van der Waals surface area contributed by atoms with Crippen molar-refractivity contribution in [3.63, 3.8) is 0 Å². The number of benzene rings is 1. The van der Waals surface area contributed by atoms with Gasteiger partial charge in [-0.1, -0.05) is 36.9 Å². The average Bonchev–Trinajstić information content (AvgIpc) is 2.88. The highest BCUT2D eigenvalue weighted by Gasteiger charge is 2.25. The smallest absolute Gasteiger partial charge is 0.230 e. The van der Waals surface area contributed by atoms with Crippen LogP contribution in [0.1, 0.15) is 23.6 Å².